The molecule has 0 bridgehead atoms. The third-order valence-corrected chi connectivity index (χ3v) is 2.09. The van der Waals surface area contributed by atoms with Crippen molar-refractivity contribution >= 4 is 12.0 Å². The summed E-state index contributed by atoms with van der Waals surface area (Å²) in [5.41, 5.74) is 1.54. The van der Waals surface area contributed by atoms with E-state index in [2.05, 4.69) is 10.2 Å². The van der Waals surface area contributed by atoms with E-state index in [0.717, 1.165) is 11.5 Å². The van der Waals surface area contributed by atoms with Gasteiger partial charge in [-0.3, -0.25) is 5.10 Å². The molecule has 1 aliphatic carbocycles. The monoisotopic (exact) mass is 194 g/mol. The molecule has 0 fully saturated rings. The summed E-state index contributed by atoms with van der Waals surface area (Å²) in [6.45, 7) is 2.48. The number of aromatic amines is 1. The van der Waals surface area contributed by atoms with Crippen molar-refractivity contribution in [3.8, 4) is 0 Å². The van der Waals surface area contributed by atoms with Crippen LogP contribution >= 0.6 is 0 Å². The van der Waals surface area contributed by atoms with Crippen molar-refractivity contribution in [3.05, 3.63) is 22.7 Å². The van der Waals surface area contributed by atoms with Crippen molar-refractivity contribution in [1.82, 2.24) is 10.2 Å². The third kappa shape index (κ3) is 1.26. The van der Waals surface area contributed by atoms with Crippen LogP contribution in [0.3, 0.4) is 0 Å². The second-order valence-corrected chi connectivity index (χ2v) is 2.99. The largest absolute Gasteiger partial charge is 0.498 e. The maximum Gasteiger partial charge on any atom is 0.356 e. The minimum absolute atomic E-state index is 0.0888. The van der Waals surface area contributed by atoms with Gasteiger partial charge in [0.25, 0.3) is 0 Å². The Morgan fingerprint density at radius 2 is 2.57 bits per heavy atom. The van der Waals surface area contributed by atoms with E-state index in [4.69, 9.17) is 9.84 Å². The van der Waals surface area contributed by atoms with Crippen LogP contribution in [0, 0.1) is 0 Å². The lowest BCUT2D eigenvalue weighted by Gasteiger charge is -2.01. The first-order valence-electron chi connectivity index (χ1n) is 4.36. The number of nitrogens with one attached hydrogen (secondary N) is 1. The molecule has 5 nitrogen and oxygen atoms in total. The Bertz CT molecular complexity index is 406. The number of hydrogen-bond acceptors (Lipinski definition) is 3. The molecule has 1 aromatic rings. The van der Waals surface area contributed by atoms with Crippen LogP contribution in [-0.4, -0.2) is 27.9 Å². The lowest BCUT2D eigenvalue weighted by Crippen LogP contribution is -2.02. The summed E-state index contributed by atoms with van der Waals surface area (Å²) in [6, 6.07) is 0. The number of carbonyl (C=O) groups is 1. The predicted octanol–water partition coefficient (Wildman–Crippen LogP) is 1.04. The molecular formula is C9H10N2O3. The smallest absolute Gasteiger partial charge is 0.356 e. The minimum atomic E-state index is -1.01. The molecule has 5 heteroatoms. The van der Waals surface area contributed by atoms with E-state index in [1.807, 2.05) is 6.92 Å². The molecule has 1 heterocycles. The van der Waals surface area contributed by atoms with Gasteiger partial charge in [0.2, 0.25) is 0 Å². The van der Waals surface area contributed by atoms with Crippen LogP contribution in [0.4, 0.5) is 0 Å². The van der Waals surface area contributed by atoms with Crippen molar-refractivity contribution in [2.45, 2.75) is 13.3 Å². The summed E-state index contributed by atoms with van der Waals surface area (Å²) in [6.07, 6.45) is 2.31. The van der Waals surface area contributed by atoms with Crippen LogP contribution in [0.2, 0.25) is 0 Å². The molecule has 14 heavy (non-hydrogen) atoms. The quantitative estimate of drug-likeness (QED) is 0.753. The molecule has 0 unspecified atom stereocenters. The molecule has 0 spiro atoms. The van der Waals surface area contributed by atoms with Crippen molar-refractivity contribution in [2.24, 2.45) is 0 Å². The first kappa shape index (κ1) is 8.80. The van der Waals surface area contributed by atoms with Crippen molar-refractivity contribution < 1.29 is 14.6 Å². The van der Waals surface area contributed by atoms with Crippen molar-refractivity contribution in [1.29, 1.82) is 0 Å². The first-order valence-corrected chi connectivity index (χ1v) is 4.36. The number of hydrogen-bond donors (Lipinski definition) is 2. The number of nitrogens with zero attached hydrogens (tertiary/aromatic N) is 1. The van der Waals surface area contributed by atoms with Gasteiger partial charge in [0, 0.05) is 18.1 Å². The van der Waals surface area contributed by atoms with Gasteiger partial charge in [-0.2, -0.15) is 5.10 Å². The van der Waals surface area contributed by atoms with Crippen LogP contribution in [0.15, 0.2) is 5.76 Å². The van der Waals surface area contributed by atoms with Gasteiger partial charge in [0.15, 0.2) is 5.69 Å². The molecule has 0 aromatic carbocycles. The molecule has 0 amide bonds. The van der Waals surface area contributed by atoms with Crippen molar-refractivity contribution in [3.63, 3.8) is 0 Å². The zero-order valence-electron chi connectivity index (χ0n) is 7.70. The highest BCUT2D eigenvalue weighted by atomic mass is 16.5. The molecule has 1 aliphatic rings. The molecule has 1 aromatic heterocycles. The maximum atomic E-state index is 10.7. The summed E-state index contributed by atoms with van der Waals surface area (Å²) >= 11 is 0. The Balaban J connectivity index is 2.27. The number of fused-ring (bicyclic) bond motifs is 1. The molecule has 2 rings (SSSR count). The van der Waals surface area contributed by atoms with Crippen LogP contribution < -0.4 is 0 Å². The average Bonchev–Trinajstić information content (AvgIpc) is 2.62. The Labute approximate surface area is 80.4 Å². The Kier molecular flexibility index (Phi) is 1.99. The number of carboxylic acids is 1. The number of aromatic nitrogens is 2. The number of rotatable bonds is 3. The topological polar surface area (TPSA) is 75.2 Å². The molecule has 0 saturated carbocycles. The molecule has 0 atom stereocenters. The van der Waals surface area contributed by atoms with Gasteiger partial charge < -0.3 is 9.84 Å². The Morgan fingerprint density at radius 1 is 1.79 bits per heavy atom. The van der Waals surface area contributed by atoms with E-state index in [1.165, 1.54) is 0 Å². The van der Waals surface area contributed by atoms with Crippen molar-refractivity contribution in [2.75, 3.05) is 6.61 Å². The summed E-state index contributed by atoms with van der Waals surface area (Å²) in [5.74, 6) is -0.215. The zero-order chi connectivity index (χ0) is 10.1. The SMILES string of the molecule is CCOC1=Cc2[nH]nc(C(=O)O)c2C1. The number of allylic oxidation sites excluding steroid dienone is 1. The predicted molar refractivity (Wildman–Crippen MR) is 48.9 cm³/mol. The maximum absolute atomic E-state index is 10.7. The fraction of sp³-hybridized carbons (Fsp3) is 0.333. The van der Waals surface area contributed by atoms with Crippen LogP contribution in [-0.2, 0) is 11.2 Å². The summed E-state index contributed by atoms with van der Waals surface area (Å²) in [7, 11) is 0. The lowest BCUT2D eigenvalue weighted by atomic mass is 10.2. The van der Waals surface area contributed by atoms with E-state index in [9.17, 15) is 4.79 Å². The lowest BCUT2D eigenvalue weighted by molar-refractivity contribution is 0.0689. The molecule has 0 saturated heterocycles. The normalized spacial score (nSPS) is 13.6. The second-order valence-electron chi connectivity index (χ2n) is 2.99. The number of carboxylic acid groups (broad SMARTS) is 1. The van der Waals surface area contributed by atoms with Crippen LogP contribution in [0.1, 0.15) is 28.7 Å². The summed E-state index contributed by atoms with van der Waals surface area (Å²) in [4.78, 5) is 10.7. The van der Waals surface area contributed by atoms with E-state index in [-0.39, 0.29) is 5.69 Å². The van der Waals surface area contributed by atoms with E-state index in [0.29, 0.717) is 18.6 Å². The Morgan fingerprint density at radius 3 is 3.21 bits per heavy atom. The highest BCUT2D eigenvalue weighted by Crippen LogP contribution is 2.26. The molecule has 2 N–H and O–H groups in total. The molecule has 0 radical (unpaired) electrons. The van der Waals surface area contributed by atoms with E-state index >= 15 is 0 Å². The van der Waals surface area contributed by atoms with Crippen LogP contribution in [0.5, 0.6) is 0 Å². The summed E-state index contributed by atoms with van der Waals surface area (Å²) in [5, 5.41) is 15.2. The zero-order valence-corrected chi connectivity index (χ0v) is 7.70. The van der Waals surface area contributed by atoms with Gasteiger partial charge in [-0.1, -0.05) is 0 Å². The summed E-state index contributed by atoms with van der Waals surface area (Å²) < 4.78 is 5.30. The average molecular weight is 194 g/mol. The standard InChI is InChI=1S/C9H10N2O3/c1-2-14-5-3-6-7(4-5)10-11-8(6)9(12)13/h4H,2-3H2,1H3,(H,10,11)(H,12,13). The number of ether oxygens (including phenoxy) is 1. The van der Waals surface area contributed by atoms with E-state index in [1.54, 1.807) is 6.08 Å². The third-order valence-electron chi connectivity index (χ3n) is 2.09. The highest BCUT2D eigenvalue weighted by Gasteiger charge is 2.23. The van der Waals surface area contributed by atoms with Gasteiger partial charge in [-0.25, -0.2) is 4.79 Å². The first-order chi connectivity index (χ1) is 6.72. The van der Waals surface area contributed by atoms with Gasteiger partial charge in [0.05, 0.1) is 12.3 Å². The Hall–Kier alpha value is -1.78. The van der Waals surface area contributed by atoms with E-state index < -0.39 is 5.97 Å². The molecular weight excluding hydrogens is 184 g/mol. The minimum Gasteiger partial charge on any atom is -0.498 e. The molecule has 0 aliphatic heterocycles. The van der Waals surface area contributed by atoms with Gasteiger partial charge in [-0.15, -0.1) is 0 Å². The van der Waals surface area contributed by atoms with Gasteiger partial charge in [-0.05, 0) is 6.92 Å². The van der Waals surface area contributed by atoms with Gasteiger partial charge >= 0.3 is 5.97 Å². The van der Waals surface area contributed by atoms with Crippen LogP contribution in [0.25, 0.3) is 6.08 Å². The molecule has 74 valence electrons. The second kappa shape index (κ2) is 3.17. The van der Waals surface area contributed by atoms with Gasteiger partial charge in [0.1, 0.15) is 5.76 Å². The number of aromatic carboxylic acids is 1. The fourth-order valence-corrected chi connectivity index (χ4v) is 1.52. The number of H-pyrrole nitrogens is 1. The highest BCUT2D eigenvalue weighted by molar-refractivity contribution is 5.89. The fourth-order valence-electron chi connectivity index (χ4n) is 1.52.